The van der Waals surface area contributed by atoms with E-state index >= 15 is 0 Å². The Morgan fingerprint density at radius 3 is 2.27 bits per heavy atom. The second-order valence-corrected chi connectivity index (χ2v) is 3.61. The molecule has 0 saturated carbocycles. The van der Waals surface area contributed by atoms with Crippen LogP contribution in [0.15, 0.2) is 29.0 Å². The summed E-state index contributed by atoms with van der Waals surface area (Å²) >= 11 is 0. The summed E-state index contributed by atoms with van der Waals surface area (Å²) in [5.74, 6) is 1.84. The van der Waals surface area contributed by atoms with Gasteiger partial charge in [0.1, 0.15) is 11.7 Å². The molecule has 86 valence electrons. The van der Waals surface area contributed by atoms with E-state index in [0.29, 0.717) is 11.8 Å². The number of aliphatic imine (C=N–C) groups is 1. The molecule has 4 N–H and O–H groups in total. The summed E-state index contributed by atoms with van der Waals surface area (Å²) in [4.78, 5) is 4.30. The van der Waals surface area contributed by atoms with E-state index in [1.54, 1.807) is 6.08 Å². The smallest absolute Gasteiger partial charge is 0.129 e. The summed E-state index contributed by atoms with van der Waals surface area (Å²) in [5, 5.41) is 6.02. The molecule has 0 radical (unpaired) electrons. The van der Waals surface area contributed by atoms with Crippen LogP contribution < -0.4 is 16.4 Å². The third-order valence-electron chi connectivity index (χ3n) is 1.88. The van der Waals surface area contributed by atoms with E-state index in [4.69, 9.17) is 5.73 Å². The molecule has 0 aromatic rings. The zero-order valence-corrected chi connectivity index (χ0v) is 10.1. The van der Waals surface area contributed by atoms with Gasteiger partial charge in [-0.05, 0) is 5.92 Å². The minimum atomic E-state index is 0.502. The van der Waals surface area contributed by atoms with Crippen molar-refractivity contribution in [2.75, 3.05) is 20.6 Å². The predicted octanol–water partition coefficient (Wildman–Crippen LogP) is 0.836. The standard InChI is InChI=1S/C11H22N4/c1-6-9(11(13-4)14-5)10(12)15-7-8(2)3/h6,8,13-14H,1,7H2,2-5H3,(H2,12,15). The fraction of sp³-hybridized carbons (Fsp3) is 0.545. The van der Waals surface area contributed by atoms with Gasteiger partial charge in [0.25, 0.3) is 0 Å². The largest absolute Gasteiger partial charge is 0.383 e. The highest BCUT2D eigenvalue weighted by Gasteiger charge is 2.05. The third-order valence-corrected chi connectivity index (χ3v) is 1.88. The molecule has 0 rings (SSSR count). The second-order valence-electron chi connectivity index (χ2n) is 3.61. The summed E-state index contributed by atoms with van der Waals surface area (Å²) in [5.41, 5.74) is 6.68. The number of hydrogen-bond donors (Lipinski definition) is 3. The van der Waals surface area contributed by atoms with E-state index in [0.717, 1.165) is 17.9 Å². The van der Waals surface area contributed by atoms with Crippen molar-refractivity contribution < 1.29 is 0 Å². The van der Waals surface area contributed by atoms with Crippen LogP contribution in [-0.2, 0) is 0 Å². The molecule has 0 aliphatic heterocycles. The van der Waals surface area contributed by atoms with Crippen LogP contribution in [0.25, 0.3) is 0 Å². The van der Waals surface area contributed by atoms with Crippen molar-refractivity contribution in [2.45, 2.75) is 13.8 Å². The topological polar surface area (TPSA) is 62.4 Å². The molecule has 0 aromatic heterocycles. The lowest BCUT2D eigenvalue weighted by atomic mass is 10.2. The predicted molar refractivity (Wildman–Crippen MR) is 66.7 cm³/mol. The van der Waals surface area contributed by atoms with Gasteiger partial charge in [0.2, 0.25) is 0 Å². The molecule has 0 aliphatic rings. The van der Waals surface area contributed by atoms with Gasteiger partial charge in [0.15, 0.2) is 0 Å². The van der Waals surface area contributed by atoms with Gasteiger partial charge in [-0.15, -0.1) is 0 Å². The second kappa shape index (κ2) is 6.92. The quantitative estimate of drug-likeness (QED) is 0.346. The average Bonchev–Trinajstić information content (AvgIpc) is 2.22. The first kappa shape index (κ1) is 13.5. The molecular formula is C11H22N4. The molecule has 0 unspecified atom stereocenters. The molecule has 0 saturated heterocycles. The zero-order valence-electron chi connectivity index (χ0n) is 10.1. The van der Waals surface area contributed by atoms with E-state index in [1.807, 2.05) is 14.1 Å². The van der Waals surface area contributed by atoms with Gasteiger partial charge < -0.3 is 16.4 Å². The van der Waals surface area contributed by atoms with Crippen LogP contribution in [0.4, 0.5) is 0 Å². The lowest BCUT2D eigenvalue weighted by molar-refractivity contribution is 0.665. The Kier molecular flexibility index (Phi) is 6.25. The monoisotopic (exact) mass is 210 g/mol. The first-order chi connectivity index (χ1) is 7.06. The Morgan fingerprint density at radius 1 is 1.40 bits per heavy atom. The van der Waals surface area contributed by atoms with E-state index in [9.17, 15) is 0 Å². The van der Waals surface area contributed by atoms with Crippen molar-refractivity contribution in [3.05, 3.63) is 24.0 Å². The van der Waals surface area contributed by atoms with Crippen molar-refractivity contribution in [2.24, 2.45) is 16.6 Å². The fourth-order valence-corrected chi connectivity index (χ4v) is 1.10. The van der Waals surface area contributed by atoms with E-state index in [2.05, 4.69) is 36.1 Å². The molecule has 0 aliphatic carbocycles. The van der Waals surface area contributed by atoms with Gasteiger partial charge in [-0.3, -0.25) is 4.99 Å². The van der Waals surface area contributed by atoms with Crippen LogP contribution >= 0.6 is 0 Å². The van der Waals surface area contributed by atoms with Crippen molar-refractivity contribution in [1.82, 2.24) is 10.6 Å². The number of amidine groups is 1. The molecule has 0 aromatic carbocycles. The molecule has 0 spiro atoms. The minimum Gasteiger partial charge on any atom is -0.383 e. The Morgan fingerprint density at radius 2 is 1.93 bits per heavy atom. The van der Waals surface area contributed by atoms with Crippen LogP contribution in [-0.4, -0.2) is 26.5 Å². The number of nitrogens with two attached hydrogens (primary N) is 1. The summed E-state index contributed by atoms with van der Waals surface area (Å²) in [6.07, 6.45) is 1.70. The number of nitrogens with one attached hydrogen (secondary N) is 2. The number of hydrogen-bond acceptors (Lipinski definition) is 3. The van der Waals surface area contributed by atoms with Gasteiger partial charge in [0, 0.05) is 20.6 Å². The van der Waals surface area contributed by atoms with Crippen molar-refractivity contribution in [3.63, 3.8) is 0 Å². The van der Waals surface area contributed by atoms with E-state index in [1.165, 1.54) is 0 Å². The van der Waals surface area contributed by atoms with Crippen molar-refractivity contribution in [3.8, 4) is 0 Å². The third kappa shape index (κ3) is 4.54. The highest BCUT2D eigenvalue weighted by Crippen LogP contribution is 2.01. The van der Waals surface area contributed by atoms with Crippen LogP contribution in [0.1, 0.15) is 13.8 Å². The van der Waals surface area contributed by atoms with Gasteiger partial charge in [0.05, 0.1) is 5.57 Å². The highest BCUT2D eigenvalue weighted by atomic mass is 15.1. The maximum Gasteiger partial charge on any atom is 0.129 e. The van der Waals surface area contributed by atoms with Crippen LogP contribution in [0.5, 0.6) is 0 Å². The fourth-order valence-electron chi connectivity index (χ4n) is 1.10. The molecule has 4 heteroatoms. The molecule has 0 heterocycles. The first-order valence-electron chi connectivity index (χ1n) is 5.09. The summed E-state index contributed by atoms with van der Waals surface area (Å²) in [6, 6.07) is 0. The van der Waals surface area contributed by atoms with Crippen LogP contribution in [0, 0.1) is 5.92 Å². The molecule has 0 atom stereocenters. The normalized spacial score (nSPS) is 11.1. The maximum atomic E-state index is 5.87. The van der Waals surface area contributed by atoms with Crippen molar-refractivity contribution >= 4 is 5.84 Å². The van der Waals surface area contributed by atoms with E-state index < -0.39 is 0 Å². The average molecular weight is 210 g/mol. The van der Waals surface area contributed by atoms with Gasteiger partial charge in [-0.1, -0.05) is 26.5 Å². The van der Waals surface area contributed by atoms with Gasteiger partial charge >= 0.3 is 0 Å². The zero-order chi connectivity index (χ0) is 11.8. The molecule has 0 bridgehead atoms. The molecular weight excluding hydrogens is 188 g/mol. The SMILES string of the molecule is C=CC(C(N)=NCC(C)C)=C(NC)NC. The highest BCUT2D eigenvalue weighted by molar-refractivity contribution is 5.99. The number of rotatable bonds is 6. The number of nitrogens with zero attached hydrogens (tertiary/aromatic N) is 1. The Hall–Kier alpha value is -1.45. The Bertz CT molecular complexity index is 258. The minimum absolute atomic E-state index is 0.502. The molecule has 0 fully saturated rings. The lowest BCUT2D eigenvalue weighted by Crippen LogP contribution is -2.27. The van der Waals surface area contributed by atoms with Crippen LogP contribution in [0.2, 0.25) is 0 Å². The van der Waals surface area contributed by atoms with Crippen molar-refractivity contribution in [1.29, 1.82) is 0 Å². The molecule has 15 heavy (non-hydrogen) atoms. The first-order valence-corrected chi connectivity index (χ1v) is 5.09. The Balaban J connectivity index is 4.88. The van der Waals surface area contributed by atoms with Gasteiger partial charge in [-0.2, -0.15) is 0 Å². The lowest BCUT2D eigenvalue weighted by Gasteiger charge is -2.11. The molecule has 0 amide bonds. The van der Waals surface area contributed by atoms with E-state index in [-0.39, 0.29) is 0 Å². The summed E-state index contributed by atoms with van der Waals surface area (Å²) < 4.78 is 0. The molecule has 4 nitrogen and oxygen atoms in total. The maximum absolute atomic E-state index is 5.87. The summed E-state index contributed by atoms with van der Waals surface area (Å²) in [7, 11) is 3.65. The van der Waals surface area contributed by atoms with Gasteiger partial charge in [-0.25, -0.2) is 0 Å². The summed E-state index contributed by atoms with van der Waals surface area (Å²) in [6.45, 7) is 8.66. The Labute approximate surface area is 92.3 Å². The van der Waals surface area contributed by atoms with Crippen LogP contribution in [0.3, 0.4) is 0 Å².